The van der Waals surface area contributed by atoms with Crippen molar-refractivity contribution in [1.82, 2.24) is 23.7 Å². The Labute approximate surface area is 244 Å². The van der Waals surface area contributed by atoms with Crippen molar-refractivity contribution in [3.05, 3.63) is 75.1 Å². The summed E-state index contributed by atoms with van der Waals surface area (Å²) in [5, 5.41) is 0. The lowest BCUT2D eigenvalue weighted by molar-refractivity contribution is -0.163. The van der Waals surface area contributed by atoms with Crippen molar-refractivity contribution < 1.29 is 14.2 Å². The first-order chi connectivity index (χ1) is 20.5. The zero-order chi connectivity index (χ0) is 29.1. The fourth-order valence-electron chi connectivity index (χ4n) is 5.48. The molecule has 0 radical (unpaired) electrons. The van der Waals surface area contributed by atoms with Gasteiger partial charge in [0.2, 0.25) is 5.88 Å². The number of imidazole rings is 1. The van der Waals surface area contributed by atoms with Gasteiger partial charge in [-0.25, -0.2) is 14.8 Å². The third kappa shape index (κ3) is 6.05. The fraction of sp³-hybridized carbons (Fsp3) is 0.500. The molecule has 0 amide bonds. The summed E-state index contributed by atoms with van der Waals surface area (Å²) in [6, 6.07) is 13.5. The van der Waals surface area contributed by atoms with Crippen molar-refractivity contribution >= 4 is 11.2 Å². The number of hydrogen-bond acceptors (Lipinski definition) is 7. The van der Waals surface area contributed by atoms with Gasteiger partial charge in [0, 0.05) is 31.9 Å². The van der Waals surface area contributed by atoms with E-state index in [1.54, 1.807) is 10.8 Å². The number of hydrogen-bond donors (Lipinski definition) is 0. The summed E-state index contributed by atoms with van der Waals surface area (Å²) in [4.78, 5) is 37.4. The molecule has 0 spiro atoms. The molecular formula is C32H39N5O5. The van der Waals surface area contributed by atoms with E-state index in [0.29, 0.717) is 67.1 Å². The van der Waals surface area contributed by atoms with E-state index in [2.05, 4.69) is 4.98 Å². The Hall–Kier alpha value is -3.76. The van der Waals surface area contributed by atoms with Gasteiger partial charge in [-0.15, -0.1) is 0 Å². The lowest BCUT2D eigenvalue weighted by Crippen LogP contribution is -2.41. The highest BCUT2D eigenvalue weighted by atomic mass is 16.7. The van der Waals surface area contributed by atoms with Crippen LogP contribution in [-0.4, -0.2) is 49.8 Å². The van der Waals surface area contributed by atoms with Gasteiger partial charge >= 0.3 is 5.69 Å². The van der Waals surface area contributed by atoms with Gasteiger partial charge in [-0.1, -0.05) is 30.3 Å². The first-order valence-corrected chi connectivity index (χ1v) is 15.1. The minimum Gasteiger partial charge on any atom is -0.477 e. The highest BCUT2D eigenvalue weighted by Gasteiger charge is 2.27. The largest absolute Gasteiger partial charge is 0.477 e. The molecule has 1 saturated carbocycles. The molecule has 1 aromatic carbocycles. The molecule has 10 nitrogen and oxygen atoms in total. The minimum absolute atomic E-state index is 0.212. The SMILES string of the molecule is CC(C)n1c(=O)n(CCCOC2CCCCO2)c(=O)c2c1nc(-c1cccnc1OCC1CC1)n2Cc1ccccc1. The summed E-state index contributed by atoms with van der Waals surface area (Å²) in [6.07, 6.45) is 7.33. The molecule has 4 aromatic rings. The third-order valence-electron chi connectivity index (χ3n) is 7.89. The molecule has 4 heterocycles. The van der Waals surface area contributed by atoms with Crippen molar-refractivity contribution in [3.8, 4) is 17.3 Å². The van der Waals surface area contributed by atoms with Gasteiger partial charge in [-0.2, -0.15) is 0 Å². The van der Waals surface area contributed by atoms with E-state index in [0.717, 1.165) is 37.7 Å². The molecule has 1 saturated heterocycles. The summed E-state index contributed by atoms with van der Waals surface area (Å²) >= 11 is 0. The molecule has 1 aliphatic heterocycles. The predicted octanol–water partition coefficient (Wildman–Crippen LogP) is 4.77. The van der Waals surface area contributed by atoms with E-state index in [-0.39, 0.29) is 30.1 Å². The van der Waals surface area contributed by atoms with E-state index >= 15 is 0 Å². The maximum atomic E-state index is 14.2. The molecule has 1 aliphatic carbocycles. The molecule has 42 heavy (non-hydrogen) atoms. The zero-order valence-electron chi connectivity index (χ0n) is 24.4. The van der Waals surface area contributed by atoms with Gasteiger partial charge in [0.25, 0.3) is 5.56 Å². The lowest BCUT2D eigenvalue weighted by atomic mass is 10.2. The maximum absolute atomic E-state index is 14.2. The Morgan fingerprint density at radius 3 is 2.60 bits per heavy atom. The molecule has 3 aromatic heterocycles. The number of nitrogens with zero attached hydrogens (tertiary/aromatic N) is 5. The number of fused-ring (bicyclic) bond motifs is 1. The maximum Gasteiger partial charge on any atom is 0.332 e. The molecule has 6 rings (SSSR count). The quantitative estimate of drug-likeness (QED) is 0.225. The van der Waals surface area contributed by atoms with E-state index in [9.17, 15) is 9.59 Å². The fourth-order valence-corrected chi connectivity index (χ4v) is 5.48. The topological polar surface area (TPSA) is 102 Å². The average molecular weight is 574 g/mol. The van der Waals surface area contributed by atoms with Crippen molar-refractivity contribution in [2.24, 2.45) is 5.92 Å². The van der Waals surface area contributed by atoms with Gasteiger partial charge in [0.05, 0.1) is 18.8 Å². The lowest BCUT2D eigenvalue weighted by Gasteiger charge is -2.22. The molecule has 10 heteroatoms. The smallest absolute Gasteiger partial charge is 0.332 e. The normalized spacial score (nSPS) is 17.3. The van der Waals surface area contributed by atoms with Crippen LogP contribution < -0.4 is 16.0 Å². The molecule has 1 unspecified atom stereocenters. The molecule has 2 fully saturated rings. The Morgan fingerprint density at radius 2 is 1.86 bits per heavy atom. The minimum atomic E-state index is -0.372. The average Bonchev–Trinajstić information content (AvgIpc) is 3.77. The first-order valence-electron chi connectivity index (χ1n) is 15.1. The molecule has 0 bridgehead atoms. The van der Waals surface area contributed by atoms with Crippen LogP contribution in [0.5, 0.6) is 5.88 Å². The van der Waals surface area contributed by atoms with Gasteiger partial charge in [-0.3, -0.25) is 13.9 Å². The summed E-state index contributed by atoms with van der Waals surface area (Å²) in [5.41, 5.74) is 1.72. The van der Waals surface area contributed by atoms with Crippen molar-refractivity contribution in [2.45, 2.75) is 77.8 Å². The van der Waals surface area contributed by atoms with Crippen molar-refractivity contribution in [3.63, 3.8) is 0 Å². The molecule has 222 valence electrons. The van der Waals surface area contributed by atoms with E-state index in [1.165, 1.54) is 4.57 Å². The Bertz CT molecular complexity index is 1630. The third-order valence-corrected chi connectivity index (χ3v) is 7.89. The second-order valence-electron chi connectivity index (χ2n) is 11.5. The number of pyridine rings is 1. The molecule has 1 atom stereocenters. The Morgan fingerprint density at radius 1 is 1.02 bits per heavy atom. The van der Waals surface area contributed by atoms with Crippen LogP contribution in [0.2, 0.25) is 0 Å². The highest BCUT2D eigenvalue weighted by molar-refractivity contribution is 5.78. The number of ether oxygens (including phenoxy) is 3. The predicted molar refractivity (Wildman–Crippen MR) is 160 cm³/mol. The van der Waals surface area contributed by atoms with Crippen LogP contribution in [0, 0.1) is 5.92 Å². The standard InChI is InChI=1S/C32H39N5O5/c1-22(2)37-29-27(31(38)35(32(37)39)17-9-19-41-26-13-6-7-18-40-26)36(20-23-10-4-3-5-11-23)28(34-29)25-12-8-16-33-30(25)42-21-24-14-15-24/h3-5,8,10-12,16,22,24,26H,6-7,9,13-15,17-21H2,1-2H3. The number of aromatic nitrogens is 5. The van der Waals surface area contributed by atoms with Crippen LogP contribution in [-0.2, 0) is 22.6 Å². The summed E-state index contributed by atoms with van der Waals surface area (Å²) < 4.78 is 22.6. The van der Waals surface area contributed by atoms with Crippen LogP contribution in [0.3, 0.4) is 0 Å². The van der Waals surface area contributed by atoms with Crippen LogP contribution in [0.15, 0.2) is 58.3 Å². The summed E-state index contributed by atoms with van der Waals surface area (Å²) in [5.74, 6) is 1.58. The molecule has 2 aliphatic rings. The van der Waals surface area contributed by atoms with Crippen LogP contribution in [0.4, 0.5) is 0 Å². The second kappa shape index (κ2) is 12.6. The Kier molecular flexibility index (Phi) is 8.53. The summed E-state index contributed by atoms with van der Waals surface area (Å²) in [6.45, 7) is 6.21. The summed E-state index contributed by atoms with van der Waals surface area (Å²) in [7, 11) is 0. The van der Waals surface area contributed by atoms with Crippen LogP contribution >= 0.6 is 0 Å². The van der Waals surface area contributed by atoms with E-state index in [4.69, 9.17) is 19.2 Å². The molecular weight excluding hydrogens is 534 g/mol. The van der Waals surface area contributed by atoms with Gasteiger partial charge in [-0.05, 0) is 76.0 Å². The number of benzene rings is 1. The van der Waals surface area contributed by atoms with E-state index < -0.39 is 0 Å². The number of rotatable bonds is 12. The monoisotopic (exact) mass is 573 g/mol. The van der Waals surface area contributed by atoms with Crippen molar-refractivity contribution in [1.29, 1.82) is 0 Å². The second-order valence-corrected chi connectivity index (χ2v) is 11.5. The highest BCUT2D eigenvalue weighted by Crippen LogP contribution is 2.33. The van der Waals surface area contributed by atoms with Gasteiger partial charge < -0.3 is 18.8 Å². The first kappa shape index (κ1) is 28.4. The van der Waals surface area contributed by atoms with Crippen molar-refractivity contribution in [2.75, 3.05) is 19.8 Å². The van der Waals surface area contributed by atoms with Gasteiger partial charge in [0.15, 0.2) is 17.5 Å². The van der Waals surface area contributed by atoms with Crippen LogP contribution in [0.1, 0.15) is 64.0 Å². The van der Waals surface area contributed by atoms with E-state index in [1.807, 2.05) is 60.9 Å². The zero-order valence-corrected chi connectivity index (χ0v) is 24.4. The van der Waals surface area contributed by atoms with Crippen LogP contribution in [0.25, 0.3) is 22.6 Å². The van der Waals surface area contributed by atoms with Gasteiger partial charge in [0.1, 0.15) is 5.82 Å². The molecule has 0 N–H and O–H groups in total. The Balaban J connectivity index is 1.44.